The topological polar surface area (TPSA) is 70.7 Å². The smallest absolute Gasteiger partial charge is 0.251 e. The lowest BCUT2D eigenvalue weighted by atomic mass is 10.1. The number of aromatic amines is 1. The fraction of sp³-hybridized carbons (Fsp3) is 0.211. The molecule has 1 aromatic heterocycles. The van der Waals surface area contributed by atoms with Crippen LogP contribution in [0.1, 0.15) is 27.3 Å². The molecule has 0 aliphatic heterocycles. The van der Waals surface area contributed by atoms with Gasteiger partial charge in [-0.15, -0.1) is 0 Å². The Balaban J connectivity index is 1.58. The van der Waals surface area contributed by atoms with Gasteiger partial charge in [-0.1, -0.05) is 6.07 Å². The maximum Gasteiger partial charge on any atom is 0.251 e. The number of amides is 1. The number of halogens is 2. The first-order chi connectivity index (χ1) is 12.4. The molecule has 7 heteroatoms. The van der Waals surface area contributed by atoms with Crippen molar-refractivity contribution in [2.45, 2.75) is 20.3 Å². The van der Waals surface area contributed by atoms with E-state index < -0.39 is 11.6 Å². The van der Waals surface area contributed by atoms with E-state index in [2.05, 4.69) is 20.5 Å². The largest absolute Gasteiger partial charge is 0.352 e. The van der Waals surface area contributed by atoms with E-state index in [1.165, 1.54) is 6.07 Å². The van der Waals surface area contributed by atoms with Crippen LogP contribution in [-0.2, 0) is 6.42 Å². The SMILES string of the molecule is Cc1ccc(C(=O)NCCc2nc(-c3ccc(F)c(F)c3)n[nH]2)cc1C. The average Bonchev–Trinajstić information content (AvgIpc) is 3.08. The second kappa shape index (κ2) is 7.43. The van der Waals surface area contributed by atoms with Crippen LogP contribution >= 0.6 is 0 Å². The number of nitrogens with one attached hydrogen (secondary N) is 2. The highest BCUT2D eigenvalue weighted by atomic mass is 19.2. The summed E-state index contributed by atoms with van der Waals surface area (Å²) < 4.78 is 26.3. The molecule has 0 atom stereocenters. The van der Waals surface area contributed by atoms with Crippen LogP contribution < -0.4 is 5.32 Å². The summed E-state index contributed by atoms with van der Waals surface area (Å²) in [7, 11) is 0. The van der Waals surface area contributed by atoms with Crippen LogP contribution in [0.4, 0.5) is 8.78 Å². The number of aromatic nitrogens is 3. The lowest BCUT2D eigenvalue weighted by Crippen LogP contribution is -2.26. The highest BCUT2D eigenvalue weighted by Crippen LogP contribution is 2.17. The molecule has 1 amide bonds. The summed E-state index contributed by atoms with van der Waals surface area (Å²) in [5.74, 6) is -1.20. The Kier molecular flexibility index (Phi) is 5.06. The van der Waals surface area contributed by atoms with Crippen molar-refractivity contribution < 1.29 is 13.6 Å². The zero-order chi connectivity index (χ0) is 18.7. The van der Waals surface area contributed by atoms with Gasteiger partial charge in [0.25, 0.3) is 5.91 Å². The molecule has 0 spiro atoms. The quantitative estimate of drug-likeness (QED) is 0.737. The van der Waals surface area contributed by atoms with Crippen LogP contribution in [0.2, 0.25) is 0 Å². The molecule has 0 aliphatic rings. The second-order valence-electron chi connectivity index (χ2n) is 6.04. The minimum atomic E-state index is -0.950. The second-order valence-corrected chi connectivity index (χ2v) is 6.04. The van der Waals surface area contributed by atoms with E-state index in [-0.39, 0.29) is 11.7 Å². The molecule has 0 saturated heterocycles. The van der Waals surface area contributed by atoms with Gasteiger partial charge < -0.3 is 5.32 Å². The number of carbonyl (C=O) groups excluding carboxylic acids is 1. The van der Waals surface area contributed by atoms with Crippen LogP contribution in [0.5, 0.6) is 0 Å². The molecule has 2 N–H and O–H groups in total. The monoisotopic (exact) mass is 356 g/mol. The highest BCUT2D eigenvalue weighted by molar-refractivity contribution is 5.94. The van der Waals surface area contributed by atoms with Gasteiger partial charge in [0.15, 0.2) is 17.5 Å². The molecule has 0 radical (unpaired) electrons. The first-order valence-corrected chi connectivity index (χ1v) is 8.16. The average molecular weight is 356 g/mol. The van der Waals surface area contributed by atoms with Gasteiger partial charge in [-0.3, -0.25) is 9.89 Å². The molecule has 26 heavy (non-hydrogen) atoms. The predicted molar refractivity (Wildman–Crippen MR) is 93.7 cm³/mol. The summed E-state index contributed by atoms with van der Waals surface area (Å²) in [6, 6.07) is 9.03. The molecular formula is C19H18F2N4O. The van der Waals surface area contributed by atoms with Gasteiger partial charge in [-0.2, -0.15) is 5.10 Å². The molecule has 134 valence electrons. The lowest BCUT2D eigenvalue weighted by molar-refractivity contribution is 0.0954. The predicted octanol–water partition coefficient (Wildman–Crippen LogP) is 3.34. The lowest BCUT2D eigenvalue weighted by Gasteiger charge is -2.06. The number of rotatable bonds is 5. The van der Waals surface area contributed by atoms with Crippen molar-refractivity contribution in [3.8, 4) is 11.4 Å². The fourth-order valence-electron chi connectivity index (χ4n) is 2.45. The van der Waals surface area contributed by atoms with Crippen molar-refractivity contribution in [3.05, 3.63) is 70.5 Å². The molecule has 2 aromatic carbocycles. The molecule has 3 aromatic rings. The fourth-order valence-corrected chi connectivity index (χ4v) is 2.45. The Morgan fingerprint density at radius 3 is 2.62 bits per heavy atom. The molecule has 5 nitrogen and oxygen atoms in total. The van der Waals surface area contributed by atoms with E-state index in [0.717, 1.165) is 23.3 Å². The number of carbonyl (C=O) groups is 1. The van der Waals surface area contributed by atoms with Crippen molar-refractivity contribution in [1.29, 1.82) is 0 Å². The molecular weight excluding hydrogens is 338 g/mol. The van der Waals surface area contributed by atoms with Crippen molar-refractivity contribution in [2.24, 2.45) is 0 Å². The third kappa shape index (κ3) is 3.93. The summed E-state index contributed by atoms with van der Waals surface area (Å²) in [5, 5.41) is 9.56. The number of benzene rings is 2. The number of H-pyrrole nitrogens is 1. The normalized spacial score (nSPS) is 10.8. The van der Waals surface area contributed by atoms with Crippen molar-refractivity contribution in [3.63, 3.8) is 0 Å². The zero-order valence-electron chi connectivity index (χ0n) is 14.4. The van der Waals surface area contributed by atoms with E-state index in [0.29, 0.717) is 29.9 Å². The molecule has 0 aliphatic carbocycles. The molecule has 3 rings (SSSR count). The summed E-state index contributed by atoms with van der Waals surface area (Å²) >= 11 is 0. The number of hydrogen-bond acceptors (Lipinski definition) is 3. The van der Waals surface area contributed by atoms with Crippen LogP contribution in [0.15, 0.2) is 36.4 Å². The summed E-state index contributed by atoms with van der Waals surface area (Å²) in [6.45, 7) is 4.32. The Morgan fingerprint density at radius 2 is 1.88 bits per heavy atom. The van der Waals surface area contributed by atoms with Gasteiger partial charge in [0.1, 0.15) is 5.82 Å². The Morgan fingerprint density at radius 1 is 1.08 bits per heavy atom. The van der Waals surface area contributed by atoms with E-state index >= 15 is 0 Å². The molecule has 0 bridgehead atoms. The van der Waals surface area contributed by atoms with Gasteiger partial charge in [-0.25, -0.2) is 13.8 Å². The highest BCUT2D eigenvalue weighted by Gasteiger charge is 2.10. The van der Waals surface area contributed by atoms with Crippen LogP contribution in [0, 0.1) is 25.5 Å². The first-order valence-electron chi connectivity index (χ1n) is 8.16. The molecule has 0 fully saturated rings. The standard InChI is InChI=1S/C19H18F2N4O/c1-11-3-4-14(9-12(11)2)19(26)22-8-7-17-23-18(25-24-17)13-5-6-15(20)16(21)10-13/h3-6,9-10H,7-8H2,1-2H3,(H,22,26)(H,23,24,25). The van der Waals surface area contributed by atoms with Gasteiger partial charge in [0.05, 0.1) is 0 Å². The number of aryl methyl sites for hydroxylation is 2. The van der Waals surface area contributed by atoms with E-state index in [1.54, 1.807) is 6.07 Å². The van der Waals surface area contributed by atoms with E-state index in [4.69, 9.17) is 0 Å². The van der Waals surface area contributed by atoms with Gasteiger partial charge in [0, 0.05) is 24.1 Å². The Hall–Kier alpha value is -3.09. The summed E-state index contributed by atoms with van der Waals surface area (Å²) in [4.78, 5) is 16.4. The minimum Gasteiger partial charge on any atom is -0.352 e. The van der Waals surface area contributed by atoms with Crippen molar-refractivity contribution in [2.75, 3.05) is 6.54 Å². The summed E-state index contributed by atoms with van der Waals surface area (Å²) in [5.41, 5.74) is 3.18. The minimum absolute atomic E-state index is 0.159. The summed E-state index contributed by atoms with van der Waals surface area (Å²) in [6.07, 6.45) is 0.438. The first kappa shape index (κ1) is 17.7. The van der Waals surface area contributed by atoms with Crippen molar-refractivity contribution >= 4 is 5.91 Å². The van der Waals surface area contributed by atoms with E-state index in [1.807, 2.05) is 26.0 Å². The Bertz CT molecular complexity index is 952. The third-order valence-electron chi connectivity index (χ3n) is 4.13. The van der Waals surface area contributed by atoms with Crippen LogP contribution in [0.3, 0.4) is 0 Å². The zero-order valence-corrected chi connectivity index (χ0v) is 14.4. The van der Waals surface area contributed by atoms with Crippen LogP contribution in [-0.4, -0.2) is 27.6 Å². The molecule has 0 unspecified atom stereocenters. The Labute approximate surface area is 149 Å². The third-order valence-corrected chi connectivity index (χ3v) is 4.13. The molecule has 0 saturated carbocycles. The van der Waals surface area contributed by atoms with E-state index in [9.17, 15) is 13.6 Å². The van der Waals surface area contributed by atoms with Gasteiger partial charge in [0.2, 0.25) is 0 Å². The maximum absolute atomic E-state index is 13.3. The van der Waals surface area contributed by atoms with Gasteiger partial charge in [-0.05, 0) is 55.3 Å². The van der Waals surface area contributed by atoms with Crippen LogP contribution in [0.25, 0.3) is 11.4 Å². The van der Waals surface area contributed by atoms with Gasteiger partial charge >= 0.3 is 0 Å². The number of nitrogens with zero attached hydrogens (tertiary/aromatic N) is 2. The van der Waals surface area contributed by atoms with Crippen molar-refractivity contribution in [1.82, 2.24) is 20.5 Å². The number of hydrogen-bond donors (Lipinski definition) is 2. The maximum atomic E-state index is 13.3. The molecule has 1 heterocycles.